The second kappa shape index (κ2) is 4.98. The molecule has 0 unspecified atom stereocenters. The summed E-state index contributed by atoms with van der Waals surface area (Å²) in [6.45, 7) is 0. The third-order valence-electron chi connectivity index (χ3n) is 7.14. The molecule has 6 heteroatoms. The van der Waals surface area contributed by atoms with Crippen molar-refractivity contribution in [2.24, 2.45) is 17.8 Å². The van der Waals surface area contributed by atoms with Crippen LogP contribution in [0.2, 0.25) is 0 Å². The van der Waals surface area contributed by atoms with Crippen LogP contribution in [-0.2, 0) is 5.41 Å². The van der Waals surface area contributed by atoms with Gasteiger partial charge < -0.3 is 4.42 Å². The minimum absolute atomic E-state index is 0.202. The van der Waals surface area contributed by atoms with E-state index < -0.39 is 0 Å². The molecular formula is C21H20N4OS. The molecule has 4 fully saturated rings. The van der Waals surface area contributed by atoms with Gasteiger partial charge in [0.1, 0.15) is 5.58 Å². The maximum atomic E-state index is 6.03. The van der Waals surface area contributed by atoms with Crippen molar-refractivity contribution in [1.82, 2.24) is 19.8 Å². The Kier molecular flexibility index (Phi) is 2.73. The summed E-state index contributed by atoms with van der Waals surface area (Å²) in [5.41, 5.74) is 1.10. The van der Waals surface area contributed by atoms with Gasteiger partial charge in [0.15, 0.2) is 16.6 Å². The number of benzene rings is 1. The lowest BCUT2D eigenvalue weighted by atomic mass is 9.49. The Morgan fingerprint density at radius 3 is 2.48 bits per heavy atom. The molecule has 3 aromatic heterocycles. The van der Waals surface area contributed by atoms with Gasteiger partial charge in [0.2, 0.25) is 4.96 Å². The topological polar surface area (TPSA) is 56.2 Å². The van der Waals surface area contributed by atoms with Crippen LogP contribution in [-0.4, -0.2) is 19.8 Å². The molecule has 5 nitrogen and oxygen atoms in total. The Hall–Kier alpha value is -2.21. The zero-order valence-electron chi connectivity index (χ0n) is 15.0. The van der Waals surface area contributed by atoms with E-state index in [9.17, 15) is 0 Å². The molecule has 136 valence electrons. The van der Waals surface area contributed by atoms with Crippen LogP contribution in [0.4, 0.5) is 0 Å². The van der Waals surface area contributed by atoms with Crippen molar-refractivity contribution >= 4 is 27.3 Å². The molecule has 27 heavy (non-hydrogen) atoms. The molecule has 0 aliphatic heterocycles. The van der Waals surface area contributed by atoms with Gasteiger partial charge in [0, 0.05) is 10.8 Å². The van der Waals surface area contributed by atoms with E-state index in [1.807, 2.05) is 22.7 Å². The van der Waals surface area contributed by atoms with E-state index in [0.717, 1.165) is 50.3 Å². The number of para-hydroxylation sites is 1. The summed E-state index contributed by atoms with van der Waals surface area (Å²) in [6, 6.07) is 10.2. The number of hydrogen-bond donors (Lipinski definition) is 0. The average Bonchev–Trinajstić information content (AvgIpc) is 3.33. The van der Waals surface area contributed by atoms with Crippen molar-refractivity contribution in [1.29, 1.82) is 0 Å². The van der Waals surface area contributed by atoms with Crippen LogP contribution in [0.25, 0.3) is 26.7 Å². The van der Waals surface area contributed by atoms with Crippen molar-refractivity contribution in [3.63, 3.8) is 0 Å². The van der Waals surface area contributed by atoms with Gasteiger partial charge in [0.25, 0.3) is 0 Å². The number of fused-ring (bicyclic) bond motifs is 2. The molecule has 8 rings (SSSR count). The van der Waals surface area contributed by atoms with E-state index in [0.29, 0.717) is 0 Å². The van der Waals surface area contributed by atoms with Gasteiger partial charge >= 0.3 is 0 Å². The van der Waals surface area contributed by atoms with Crippen molar-refractivity contribution in [2.45, 2.75) is 43.9 Å². The molecule has 4 aromatic rings. The van der Waals surface area contributed by atoms with Crippen LogP contribution in [0.1, 0.15) is 44.3 Å². The molecule has 0 atom stereocenters. The van der Waals surface area contributed by atoms with E-state index in [2.05, 4.69) is 22.3 Å². The Morgan fingerprint density at radius 2 is 1.74 bits per heavy atom. The first-order valence-corrected chi connectivity index (χ1v) is 10.8. The molecular weight excluding hydrogens is 356 g/mol. The van der Waals surface area contributed by atoms with Gasteiger partial charge in [-0.15, -0.1) is 15.3 Å². The first-order valence-electron chi connectivity index (χ1n) is 9.97. The van der Waals surface area contributed by atoms with Crippen LogP contribution in [0.5, 0.6) is 0 Å². The van der Waals surface area contributed by atoms with Crippen molar-refractivity contribution in [3.05, 3.63) is 36.2 Å². The zero-order chi connectivity index (χ0) is 17.6. The fraction of sp³-hybridized carbons (Fsp3) is 0.476. The maximum Gasteiger partial charge on any atom is 0.235 e. The van der Waals surface area contributed by atoms with E-state index in [-0.39, 0.29) is 5.41 Å². The number of aromatic nitrogens is 4. The summed E-state index contributed by atoms with van der Waals surface area (Å²) in [4.78, 5) is 0.885. The molecule has 4 bridgehead atoms. The molecule has 0 amide bonds. The number of hydrogen-bond acceptors (Lipinski definition) is 5. The summed E-state index contributed by atoms with van der Waals surface area (Å²) >= 11 is 1.57. The number of nitrogens with zero attached hydrogens (tertiary/aromatic N) is 4. The lowest BCUT2D eigenvalue weighted by Gasteiger charge is -2.55. The van der Waals surface area contributed by atoms with Gasteiger partial charge in [-0.2, -0.15) is 4.52 Å². The van der Waals surface area contributed by atoms with Gasteiger partial charge in [0.05, 0.1) is 0 Å². The van der Waals surface area contributed by atoms with Gasteiger partial charge in [-0.05, 0) is 68.4 Å². The molecule has 1 aromatic carbocycles. The number of rotatable bonds is 2. The monoisotopic (exact) mass is 376 g/mol. The second-order valence-electron chi connectivity index (χ2n) is 8.97. The smallest absolute Gasteiger partial charge is 0.235 e. The predicted octanol–water partition coefficient (Wildman–Crippen LogP) is 5.07. The van der Waals surface area contributed by atoms with Crippen molar-refractivity contribution in [3.8, 4) is 10.8 Å². The first kappa shape index (κ1) is 14.8. The fourth-order valence-corrected chi connectivity index (χ4v) is 7.31. The zero-order valence-corrected chi connectivity index (χ0v) is 15.8. The fourth-order valence-electron chi connectivity index (χ4n) is 6.52. The van der Waals surface area contributed by atoms with E-state index in [1.54, 1.807) is 11.3 Å². The predicted molar refractivity (Wildman–Crippen MR) is 104 cm³/mol. The van der Waals surface area contributed by atoms with Crippen LogP contribution in [0.3, 0.4) is 0 Å². The molecule has 4 saturated carbocycles. The molecule has 4 aliphatic rings. The SMILES string of the molecule is c1ccc2oc(-c3nn4c(C56CC7CC(CC(C7)C5)C6)nnc4s3)cc2c1. The summed E-state index contributed by atoms with van der Waals surface area (Å²) in [5.74, 6) is 4.59. The molecule has 0 radical (unpaired) electrons. The van der Waals surface area contributed by atoms with E-state index in [4.69, 9.17) is 9.52 Å². The van der Waals surface area contributed by atoms with Crippen LogP contribution in [0, 0.1) is 17.8 Å². The average molecular weight is 376 g/mol. The molecule has 0 N–H and O–H groups in total. The van der Waals surface area contributed by atoms with Crippen LogP contribution < -0.4 is 0 Å². The molecule has 0 spiro atoms. The minimum Gasteiger partial charge on any atom is -0.453 e. The van der Waals surface area contributed by atoms with Crippen molar-refractivity contribution < 1.29 is 4.42 Å². The summed E-state index contributed by atoms with van der Waals surface area (Å²) < 4.78 is 8.06. The molecule has 4 aliphatic carbocycles. The Bertz CT molecular complexity index is 1120. The van der Waals surface area contributed by atoms with Gasteiger partial charge in [-0.1, -0.05) is 29.5 Å². The number of furan rings is 1. The highest BCUT2D eigenvalue weighted by Gasteiger charge is 2.54. The largest absolute Gasteiger partial charge is 0.453 e. The Balaban J connectivity index is 1.35. The Labute approximate surface area is 160 Å². The normalized spacial score (nSPS) is 32.1. The minimum atomic E-state index is 0.202. The highest BCUT2D eigenvalue weighted by molar-refractivity contribution is 7.19. The van der Waals surface area contributed by atoms with Crippen molar-refractivity contribution in [2.75, 3.05) is 0 Å². The van der Waals surface area contributed by atoms with Crippen LogP contribution in [0.15, 0.2) is 34.7 Å². The maximum absolute atomic E-state index is 6.03. The lowest BCUT2D eigenvalue weighted by Crippen LogP contribution is -2.49. The standard InChI is InChI=1S/C21H20N4OS/c1-2-4-16-15(3-1)8-17(26-16)18-24-25-19(22-23-20(25)27-18)21-9-12-5-13(10-21)7-14(6-12)11-21/h1-4,8,12-14H,5-7,9-11H2. The molecule has 0 saturated heterocycles. The van der Waals surface area contributed by atoms with Gasteiger partial charge in [-0.3, -0.25) is 0 Å². The summed E-state index contributed by atoms with van der Waals surface area (Å²) in [6.07, 6.45) is 8.12. The summed E-state index contributed by atoms with van der Waals surface area (Å²) in [5, 5.41) is 16.1. The van der Waals surface area contributed by atoms with E-state index in [1.165, 1.54) is 38.5 Å². The third kappa shape index (κ3) is 2.02. The Morgan fingerprint density at radius 1 is 1.00 bits per heavy atom. The lowest BCUT2D eigenvalue weighted by molar-refractivity contribution is -0.0103. The quantitative estimate of drug-likeness (QED) is 0.490. The third-order valence-corrected chi connectivity index (χ3v) is 8.05. The first-order chi connectivity index (χ1) is 13.3. The van der Waals surface area contributed by atoms with Crippen LogP contribution >= 0.6 is 11.3 Å². The second-order valence-corrected chi connectivity index (χ2v) is 9.93. The van der Waals surface area contributed by atoms with E-state index >= 15 is 0 Å². The van der Waals surface area contributed by atoms with Gasteiger partial charge in [-0.25, -0.2) is 0 Å². The highest BCUT2D eigenvalue weighted by atomic mass is 32.1. The highest BCUT2D eigenvalue weighted by Crippen LogP contribution is 2.60. The molecule has 3 heterocycles. The summed E-state index contributed by atoms with van der Waals surface area (Å²) in [7, 11) is 0.